The maximum absolute atomic E-state index is 12.9. The number of nitrogens with two attached hydrogens (primary N) is 1. The minimum Gasteiger partial charge on any atom is -0.369 e. The minimum atomic E-state index is -0.404. The third-order valence-corrected chi connectivity index (χ3v) is 5.41. The number of thioether (sulfide) groups is 1. The highest BCUT2D eigenvalue weighted by Gasteiger charge is 2.16. The number of benzene rings is 3. The Bertz CT molecular complexity index is 956. The van der Waals surface area contributed by atoms with Crippen molar-refractivity contribution in [2.45, 2.75) is 11.4 Å². The maximum Gasteiger partial charge on any atom is 0.255 e. The second kappa shape index (κ2) is 9.24. The molecular weight excluding hydrogens is 368 g/mol. The number of carbonyl (C=O) groups is 2. The average molecular weight is 391 g/mol. The first-order valence-corrected chi connectivity index (χ1v) is 9.93. The zero-order valence-electron chi connectivity index (χ0n) is 15.7. The summed E-state index contributed by atoms with van der Waals surface area (Å²) in [5, 5.41) is 0. The van der Waals surface area contributed by atoms with Crippen LogP contribution in [0, 0.1) is 0 Å². The molecule has 0 atom stereocenters. The van der Waals surface area contributed by atoms with Crippen LogP contribution in [0.3, 0.4) is 0 Å². The highest BCUT2D eigenvalue weighted by atomic mass is 32.2. The molecule has 3 aromatic carbocycles. The van der Waals surface area contributed by atoms with E-state index in [0.29, 0.717) is 12.1 Å². The maximum atomic E-state index is 12.9. The van der Waals surface area contributed by atoms with Crippen molar-refractivity contribution in [3.8, 4) is 11.1 Å². The molecule has 0 radical (unpaired) electrons. The Morgan fingerprint density at radius 2 is 1.46 bits per heavy atom. The summed E-state index contributed by atoms with van der Waals surface area (Å²) < 4.78 is 0. The van der Waals surface area contributed by atoms with Gasteiger partial charge in [-0.3, -0.25) is 9.59 Å². The Balaban J connectivity index is 1.70. The summed E-state index contributed by atoms with van der Waals surface area (Å²) in [5.41, 5.74) is 9.17. The van der Waals surface area contributed by atoms with Crippen LogP contribution >= 0.6 is 11.8 Å². The molecule has 0 unspecified atom stereocenters. The molecule has 0 aromatic heterocycles. The molecular formula is C23H22N2O2S. The van der Waals surface area contributed by atoms with Gasteiger partial charge < -0.3 is 10.6 Å². The summed E-state index contributed by atoms with van der Waals surface area (Å²) in [6, 6.07) is 25.7. The van der Waals surface area contributed by atoms with Gasteiger partial charge in [-0.15, -0.1) is 11.8 Å². The lowest BCUT2D eigenvalue weighted by atomic mass is 10.0. The highest BCUT2D eigenvalue weighted by Crippen LogP contribution is 2.24. The van der Waals surface area contributed by atoms with E-state index in [0.717, 1.165) is 16.0 Å². The van der Waals surface area contributed by atoms with E-state index < -0.39 is 5.91 Å². The Labute approximate surface area is 169 Å². The third-order valence-electron chi connectivity index (χ3n) is 4.31. The predicted molar refractivity (Wildman–Crippen MR) is 114 cm³/mol. The largest absolute Gasteiger partial charge is 0.369 e. The van der Waals surface area contributed by atoms with Crippen molar-refractivity contribution in [2.75, 3.05) is 12.8 Å². The lowest BCUT2D eigenvalue weighted by Crippen LogP contribution is -2.26. The molecule has 2 N–H and O–H groups in total. The number of hydrogen-bond donors (Lipinski definition) is 1. The van der Waals surface area contributed by atoms with E-state index in [-0.39, 0.29) is 11.7 Å². The molecule has 0 spiro atoms. The van der Waals surface area contributed by atoms with Crippen LogP contribution in [0.15, 0.2) is 83.8 Å². The average Bonchev–Trinajstić information content (AvgIpc) is 2.73. The monoisotopic (exact) mass is 390 g/mol. The van der Waals surface area contributed by atoms with Crippen molar-refractivity contribution in [1.29, 1.82) is 0 Å². The first kappa shape index (κ1) is 19.7. The third kappa shape index (κ3) is 5.02. The molecule has 0 bridgehead atoms. The van der Waals surface area contributed by atoms with Gasteiger partial charge in [0.05, 0.1) is 11.3 Å². The highest BCUT2D eigenvalue weighted by molar-refractivity contribution is 8.00. The number of rotatable bonds is 7. The van der Waals surface area contributed by atoms with Gasteiger partial charge >= 0.3 is 0 Å². The topological polar surface area (TPSA) is 63.4 Å². The molecule has 4 nitrogen and oxygen atoms in total. The Hall–Kier alpha value is -3.05. The Morgan fingerprint density at radius 3 is 2.14 bits per heavy atom. The first-order valence-electron chi connectivity index (χ1n) is 8.94. The van der Waals surface area contributed by atoms with Crippen LogP contribution in [0.1, 0.15) is 15.9 Å². The lowest BCUT2D eigenvalue weighted by molar-refractivity contribution is -0.115. The van der Waals surface area contributed by atoms with E-state index in [2.05, 4.69) is 24.3 Å². The fourth-order valence-electron chi connectivity index (χ4n) is 2.90. The van der Waals surface area contributed by atoms with Crippen molar-refractivity contribution >= 4 is 23.6 Å². The molecule has 3 aromatic rings. The molecule has 3 rings (SSSR count). The van der Waals surface area contributed by atoms with Crippen molar-refractivity contribution in [2.24, 2.45) is 5.73 Å². The molecule has 0 saturated heterocycles. The molecule has 0 heterocycles. The van der Waals surface area contributed by atoms with Gasteiger partial charge in [0.1, 0.15) is 0 Å². The SMILES string of the molecule is CN(Cc1ccc(-c2ccccc2)cc1)C(=O)c1ccccc1SCC(N)=O. The van der Waals surface area contributed by atoms with Crippen LogP contribution in [0.5, 0.6) is 0 Å². The van der Waals surface area contributed by atoms with Gasteiger partial charge in [-0.2, -0.15) is 0 Å². The molecule has 142 valence electrons. The van der Waals surface area contributed by atoms with Crippen LogP contribution in [-0.2, 0) is 11.3 Å². The van der Waals surface area contributed by atoms with E-state index in [4.69, 9.17) is 5.73 Å². The zero-order valence-corrected chi connectivity index (χ0v) is 16.5. The fourth-order valence-corrected chi connectivity index (χ4v) is 3.69. The molecule has 2 amide bonds. The minimum absolute atomic E-state index is 0.0836. The molecule has 0 fully saturated rings. The van der Waals surface area contributed by atoms with Gasteiger partial charge in [-0.25, -0.2) is 0 Å². The normalized spacial score (nSPS) is 10.5. The van der Waals surface area contributed by atoms with Gasteiger partial charge in [-0.05, 0) is 28.8 Å². The Kier molecular flexibility index (Phi) is 6.50. The van der Waals surface area contributed by atoms with Crippen LogP contribution in [-0.4, -0.2) is 29.5 Å². The molecule has 0 aliphatic heterocycles. The van der Waals surface area contributed by atoms with Crippen molar-refractivity contribution in [3.05, 3.63) is 90.0 Å². The second-order valence-electron chi connectivity index (χ2n) is 6.48. The van der Waals surface area contributed by atoms with E-state index in [1.165, 1.54) is 17.3 Å². The van der Waals surface area contributed by atoms with E-state index in [9.17, 15) is 9.59 Å². The van der Waals surface area contributed by atoms with Crippen LogP contribution in [0.2, 0.25) is 0 Å². The Morgan fingerprint density at radius 1 is 0.857 bits per heavy atom. The fraction of sp³-hybridized carbons (Fsp3) is 0.130. The van der Waals surface area contributed by atoms with Crippen molar-refractivity contribution < 1.29 is 9.59 Å². The predicted octanol–water partition coefficient (Wildman–Crippen LogP) is 4.20. The van der Waals surface area contributed by atoms with Gasteiger partial charge in [0.25, 0.3) is 5.91 Å². The molecule has 5 heteroatoms. The number of nitrogens with zero attached hydrogens (tertiary/aromatic N) is 1. The number of amides is 2. The molecule has 0 aliphatic rings. The molecule has 0 aliphatic carbocycles. The first-order chi connectivity index (χ1) is 13.5. The smallest absolute Gasteiger partial charge is 0.255 e. The van der Waals surface area contributed by atoms with Crippen LogP contribution in [0.25, 0.3) is 11.1 Å². The molecule has 28 heavy (non-hydrogen) atoms. The van der Waals surface area contributed by atoms with E-state index in [1.54, 1.807) is 18.0 Å². The van der Waals surface area contributed by atoms with E-state index >= 15 is 0 Å². The van der Waals surface area contributed by atoms with Crippen molar-refractivity contribution in [3.63, 3.8) is 0 Å². The summed E-state index contributed by atoms with van der Waals surface area (Å²) in [7, 11) is 1.78. The van der Waals surface area contributed by atoms with Gasteiger partial charge in [0.15, 0.2) is 0 Å². The summed E-state index contributed by atoms with van der Waals surface area (Å²) >= 11 is 1.28. The second-order valence-corrected chi connectivity index (χ2v) is 7.49. The van der Waals surface area contributed by atoms with E-state index in [1.807, 2.05) is 48.5 Å². The van der Waals surface area contributed by atoms with Gasteiger partial charge in [0, 0.05) is 18.5 Å². The van der Waals surface area contributed by atoms with Gasteiger partial charge in [-0.1, -0.05) is 66.7 Å². The summed E-state index contributed by atoms with van der Waals surface area (Å²) in [4.78, 5) is 26.4. The van der Waals surface area contributed by atoms with Gasteiger partial charge in [0.2, 0.25) is 5.91 Å². The summed E-state index contributed by atoms with van der Waals surface area (Å²) in [6.45, 7) is 0.503. The summed E-state index contributed by atoms with van der Waals surface area (Å²) in [6.07, 6.45) is 0. The number of carbonyl (C=O) groups excluding carboxylic acids is 2. The standard InChI is InChI=1S/C23H22N2O2S/c1-25(23(27)20-9-5-6-10-21(20)28-16-22(24)26)15-17-11-13-19(14-12-17)18-7-3-2-4-8-18/h2-14H,15-16H2,1H3,(H2,24,26). The van der Waals surface area contributed by atoms with Crippen LogP contribution < -0.4 is 5.73 Å². The quantitative estimate of drug-likeness (QED) is 0.615. The number of primary amides is 1. The lowest BCUT2D eigenvalue weighted by Gasteiger charge is -2.19. The molecule has 0 saturated carbocycles. The van der Waals surface area contributed by atoms with Crippen LogP contribution in [0.4, 0.5) is 0 Å². The van der Waals surface area contributed by atoms with Crippen molar-refractivity contribution in [1.82, 2.24) is 4.90 Å². The number of hydrogen-bond acceptors (Lipinski definition) is 3. The zero-order chi connectivity index (χ0) is 19.9. The summed E-state index contributed by atoms with van der Waals surface area (Å²) in [5.74, 6) is -0.339.